The molecule has 0 atom stereocenters. The maximum absolute atomic E-state index is 13.5. The van der Waals surface area contributed by atoms with E-state index in [2.05, 4.69) is 4.98 Å². The lowest BCUT2D eigenvalue weighted by molar-refractivity contribution is 0.629. The van der Waals surface area contributed by atoms with E-state index in [1.54, 1.807) is 6.20 Å². The van der Waals surface area contributed by atoms with Gasteiger partial charge in [0.15, 0.2) is 11.4 Å². The predicted molar refractivity (Wildman–Crippen MR) is 78.2 cm³/mol. The summed E-state index contributed by atoms with van der Waals surface area (Å²) in [6.07, 6.45) is 3.06. The number of hydrogen-bond acceptors (Lipinski definition) is 4. The molecule has 2 aromatic heterocycles. The first kappa shape index (κ1) is 13.0. The van der Waals surface area contributed by atoms with Crippen LogP contribution in [-0.2, 0) is 0 Å². The molecule has 2 heterocycles. The van der Waals surface area contributed by atoms with Crippen LogP contribution in [0.4, 0.5) is 16.0 Å². The first-order chi connectivity index (χ1) is 9.49. The molecule has 0 amide bonds. The Morgan fingerprint density at radius 3 is 2.40 bits per heavy atom. The SMILES string of the molecule is Nc1oc2cncc(-c3cc(Cl)c(F)c(Cl)c3)c2c1N. The van der Waals surface area contributed by atoms with Gasteiger partial charge in [0.05, 0.1) is 21.6 Å². The van der Waals surface area contributed by atoms with E-state index in [9.17, 15) is 4.39 Å². The highest BCUT2D eigenvalue weighted by molar-refractivity contribution is 6.35. The number of hydrogen-bond donors (Lipinski definition) is 2. The fourth-order valence-corrected chi connectivity index (χ4v) is 2.51. The third kappa shape index (κ3) is 1.87. The van der Waals surface area contributed by atoms with Gasteiger partial charge in [-0.25, -0.2) is 4.39 Å². The van der Waals surface area contributed by atoms with E-state index in [4.69, 9.17) is 39.1 Å². The van der Waals surface area contributed by atoms with Crippen LogP contribution in [0.2, 0.25) is 10.0 Å². The number of benzene rings is 1. The number of anilines is 2. The lowest BCUT2D eigenvalue weighted by Crippen LogP contribution is -1.91. The second-order valence-electron chi connectivity index (χ2n) is 4.19. The van der Waals surface area contributed by atoms with Gasteiger partial charge in [-0.2, -0.15) is 0 Å². The number of nitrogen functional groups attached to an aromatic ring is 2. The standard InChI is InChI=1S/C13H8Cl2FN3O/c14-7-1-5(2-8(15)11(7)16)6-3-19-4-9-10(6)12(17)13(18)20-9/h1-4H,17-18H2. The zero-order valence-electron chi connectivity index (χ0n) is 9.95. The van der Waals surface area contributed by atoms with Crippen LogP contribution < -0.4 is 11.5 Å². The van der Waals surface area contributed by atoms with Crippen LogP contribution in [0.3, 0.4) is 0 Å². The van der Waals surface area contributed by atoms with Crippen LogP contribution >= 0.6 is 23.2 Å². The van der Waals surface area contributed by atoms with Crippen molar-refractivity contribution in [2.75, 3.05) is 11.5 Å². The maximum Gasteiger partial charge on any atom is 0.214 e. The zero-order valence-corrected chi connectivity index (χ0v) is 11.5. The lowest BCUT2D eigenvalue weighted by Gasteiger charge is -2.06. The van der Waals surface area contributed by atoms with Crippen LogP contribution in [0.15, 0.2) is 28.9 Å². The lowest BCUT2D eigenvalue weighted by atomic mass is 10.0. The molecule has 0 fully saturated rings. The Balaban J connectivity index is 2.35. The Morgan fingerprint density at radius 1 is 1.10 bits per heavy atom. The molecule has 0 bridgehead atoms. The van der Waals surface area contributed by atoms with E-state index >= 15 is 0 Å². The van der Waals surface area contributed by atoms with E-state index < -0.39 is 5.82 Å². The summed E-state index contributed by atoms with van der Waals surface area (Å²) in [5.41, 5.74) is 13.5. The first-order valence-corrected chi connectivity index (χ1v) is 6.31. The van der Waals surface area contributed by atoms with Crippen molar-refractivity contribution in [1.29, 1.82) is 0 Å². The van der Waals surface area contributed by atoms with Crippen molar-refractivity contribution in [3.63, 3.8) is 0 Å². The molecule has 3 rings (SSSR count). The van der Waals surface area contributed by atoms with Gasteiger partial charge in [0.1, 0.15) is 5.69 Å². The topological polar surface area (TPSA) is 78.1 Å². The average molecular weight is 312 g/mol. The second kappa shape index (κ2) is 4.54. The van der Waals surface area contributed by atoms with Crippen LogP contribution in [0.5, 0.6) is 0 Å². The maximum atomic E-state index is 13.5. The van der Waals surface area contributed by atoms with Gasteiger partial charge in [0, 0.05) is 11.8 Å². The minimum atomic E-state index is -0.670. The van der Waals surface area contributed by atoms with Crippen molar-refractivity contribution in [3.8, 4) is 11.1 Å². The number of nitrogens with two attached hydrogens (primary N) is 2. The molecule has 102 valence electrons. The van der Waals surface area contributed by atoms with E-state index in [0.717, 1.165) is 0 Å². The number of furan rings is 1. The minimum absolute atomic E-state index is 0.0838. The van der Waals surface area contributed by atoms with Gasteiger partial charge in [0.2, 0.25) is 5.88 Å². The van der Waals surface area contributed by atoms with Gasteiger partial charge in [-0.3, -0.25) is 4.98 Å². The van der Waals surface area contributed by atoms with Crippen molar-refractivity contribution >= 4 is 45.7 Å². The molecule has 0 aliphatic heterocycles. The quantitative estimate of drug-likeness (QED) is 0.663. The molecule has 4 nitrogen and oxygen atoms in total. The van der Waals surface area contributed by atoms with Crippen molar-refractivity contribution in [1.82, 2.24) is 4.98 Å². The normalized spacial score (nSPS) is 11.2. The fourth-order valence-electron chi connectivity index (χ4n) is 2.02. The Labute approximate surface area is 123 Å². The van der Waals surface area contributed by atoms with Gasteiger partial charge in [-0.15, -0.1) is 0 Å². The zero-order chi connectivity index (χ0) is 14.4. The highest BCUT2D eigenvalue weighted by Crippen LogP contribution is 2.39. The number of halogens is 3. The number of fused-ring (bicyclic) bond motifs is 1. The first-order valence-electron chi connectivity index (χ1n) is 5.55. The molecular weight excluding hydrogens is 304 g/mol. The molecule has 0 aliphatic carbocycles. The molecule has 4 N–H and O–H groups in total. The third-order valence-electron chi connectivity index (χ3n) is 2.96. The summed E-state index contributed by atoms with van der Waals surface area (Å²) in [6.45, 7) is 0. The van der Waals surface area contributed by atoms with Crippen molar-refractivity contribution in [3.05, 3.63) is 40.4 Å². The summed E-state index contributed by atoms with van der Waals surface area (Å²) >= 11 is 11.6. The Morgan fingerprint density at radius 2 is 1.75 bits per heavy atom. The number of nitrogens with zero attached hydrogens (tertiary/aromatic N) is 1. The molecule has 0 spiro atoms. The van der Waals surface area contributed by atoms with E-state index in [-0.39, 0.29) is 15.9 Å². The Kier molecular flexibility index (Phi) is 2.96. The molecule has 0 saturated heterocycles. The molecule has 0 unspecified atom stereocenters. The summed E-state index contributed by atoms with van der Waals surface area (Å²) in [5, 5.41) is 0.426. The summed E-state index contributed by atoms with van der Waals surface area (Å²) in [4.78, 5) is 4.04. The Bertz CT molecular complexity index is 809. The van der Waals surface area contributed by atoms with Gasteiger partial charge in [0.25, 0.3) is 0 Å². The summed E-state index contributed by atoms with van der Waals surface area (Å²) in [6, 6.07) is 2.89. The van der Waals surface area contributed by atoms with Crippen LogP contribution in [0, 0.1) is 5.82 Å². The monoisotopic (exact) mass is 311 g/mol. The molecule has 7 heteroatoms. The number of pyridine rings is 1. The van der Waals surface area contributed by atoms with Gasteiger partial charge >= 0.3 is 0 Å². The molecule has 20 heavy (non-hydrogen) atoms. The van der Waals surface area contributed by atoms with Crippen LogP contribution in [-0.4, -0.2) is 4.98 Å². The number of aromatic nitrogens is 1. The smallest absolute Gasteiger partial charge is 0.214 e. The van der Waals surface area contributed by atoms with Crippen LogP contribution in [0.25, 0.3) is 22.1 Å². The molecule has 0 aliphatic rings. The van der Waals surface area contributed by atoms with Gasteiger partial charge in [-0.1, -0.05) is 23.2 Å². The van der Waals surface area contributed by atoms with Crippen LogP contribution in [0.1, 0.15) is 0 Å². The summed E-state index contributed by atoms with van der Waals surface area (Å²) in [7, 11) is 0. The average Bonchev–Trinajstić information content (AvgIpc) is 2.71. The predicted octanol–water partition coefficient (Wildman–Crippen LogP) is 4.11. The highest BCUT2D eigenvalue weighted by atomic mass is 35.5. The number of rotatable bonds is 1. The third-order valence-corrected chi connectivity index (χ3v) is 3.51. The molecule has 0 radical (unpaired) electrons. The Hall–Kier alpha value is -1.98. The molecule has 1 aromatic carbocycles. The molecule has 3 aromatic rings. The minimum Gasteiger partial charge on any atom is -0.437 e. The summed E-state index contributed by atoms with van der Waals surface area (Å²) in [5.74, 6) is -0.564. The summed E-state index contributed by atoms with van der Waals surface area (Å²) < 4.78 is 18.8. The van der Waals surface area contributed by atoms with E-state index in [1.807, 2.05) is 0 Å². The van der Waals surface area contributed by atoms with Crippen molar-refractivity contribution < 1.29 is 8.81 Å². The largest absolute Gasteiger partial charge is 0.437 e. The fraction of sp³-hybridized carbons (Fsp3) is 0. The highest BCUT2D eigenvalue weighted by Gasteiger charge is 2.16. The van der Waals surface area contributed by atoms with E-state index in [0.29, 0.717) is 27.8 Å². The molecular formula is C13H8Cl2FN3O. The van der Waals surface area contributed by atoms with Crippen molar-refractivity contribution in [2.45, 2.75) is 0 Å². The van der Waals surface area contributed by atoms with Gasteiger partial charge < -0.3 is 15.9 Å². The second-order valence-corrected chi connectivity index (χ2v) is 5.01. The molecule has 0 saturated carbocycles. The van der Waals surface area contributed by atoms with Gasteiger partial charge in [-0.05, 0) is 17.7 Å². The van der Waals surface area contributed by atoms with Crippen molar-refractivity contribution in [2.24, 2.45) is 0 Å². The van der Waals surface area contributed by atoms with E-state index in [1.165, 1.54) is 18.3 Å².